The van der Waals surface area contributed by atoms with Crippen LogP contribution < -0.4 is 15.5 Å². The van der Waals surface area contributed by atoms with Gasteiger partial charge in [-0.2, -0.15) is 23.5 Å². The smallest absolute Gasteiger partial charge is 0.377 e. The van der Waals surface area contributed by atoms with E-state index >= 15 is 0 Å². The van der Waals surface area contributed by atoms with Crippen LogP contribution in [0.2, 0.25) is 0 Å². The average molecular weight is 850 g/mol. The van der Waals surface area contributed by atoms with Crippen molar-refractivity contribution >= 4 is 63.2 Å². The van der Waals surface area contributed by atoms with Crippen LogP contribution in [-0.4, -0.2) is 116 Å². The van der Waals surface area contributed by atoms with E-state index in [1.54, 1.807) is 31.6 Å². The van der Waals surface area contributed by atoms with Gasteiger partial charge in [0.25, 0.3) is 5.91 Å². The lowest BCUT2D eigenvalue weighted by Gasteiger charge is -2.44. The number of nitrogens with one attached hydrogen (secondary N) is 2. The molecule has 0 radical (unpaired) electrons. The summed E-state index contributed by atoms with van der Waals surface area (Å²) in [6.07, 6.45) is -1.25. The summed E-state index contributed by atoms with van der Waals surface area (Å²) in [7, 11) is 1.77. The molecule has 2 aromatic carbocycles. The predicted octanol–water partition coefficient (Wildman–Crippen LogP) is 5.06. The van der Waals surface area contributed by atoms with Crippen LogP contribution in [0.4, 0.5) is 24.5 Å². The van der Waals surface area contributed by atoms with E-state index in [1.165, 1.54) is 6.07 Å². The maximum atomic E-state index is 13.8. The summed E-state index contributed by atoms with van der Waals surface area (Å²) < 4.78 is 49.3. The highest BCUT2D eigenvalue weighted by Crippen LogP contribution is 2.41. The number of aromatic nitrogens is 2. The number of hydrogen-bond acceptors (Lipinski definition) is 10. The number of nitriles is 1. The first-order valence-corrected chi connectivity index (χ1v) is 20.8. The highest BCUT2D eigenvalue weighted by molar-refractivity contribution is 7.80. The van der Waals surface area contributed by atoms with Crippen molar-refractivity contribution in [2.75, 3.05) is 43.0 Å². The number of anilines is 2. The minimum absolute atomic E-state index is 0.0151. The number of piperazine rings is 1. The van der Waals surface area contributed by atoms with E-state index in [0.717, 1.165) is 54.9 Å². The Morgan fingerprint density at radius 3 is 2.42 bits per heavy atom. The molecule has 0 spiro atoms. The molecular formula is C42H50F3N9O5S. The lowest BCUT2D eigenvalue weighted by molar-refractivity contribution is -0.138. The van der Waals surface area contributed by atoms with Crippen LogP contribution in [-0.2, 0) is 37.1 Å². The van der Waals surface area contributed by atoms with E-state index in [4.69, 9.17) is 17.0 Å². The molecule has 18 heteroatoms. The van der Waals surface area contributed by atoms with E-state index in [9.17, 15) is 37.6 Å². The van der Waals surface area contributed by atoms with Gasteiger partial charge in [0.15, 0.2) is 5.11 Å². The molecule has 3 saturated heterocycles. The summed E-state index contributed by atoms with van der Waals surface area (Å²) in [5, 5.41) is 20.2. The number of nitrogens with zero attached hydrogens (tertiary/aromatic N) is 7. The number of carbonyl (C=O) groups is 4. The first kappa shape index (κ1) is 43.1. The molecule has 4 amide bonds. The minimum atomic E-state index is -4.77. The molecule has 320 valence electrons. The molecule has 1 aromatic heterocycles. The van der Waals surface area contributed by atoms with Crippen molar-refractivity contribution in [1.29, 1.82) is 5.26 Å². The number of hydrogen-bond donors (Lipinski definition) is 2. The van der Waals surface area contributed by atoms with Crippen molar-refractivity contribution in [1.82, 2.24) is 29.8 Å². The van der Waals surface area contributed by atoms with Crippen molar-refractivity contribution in [3.63, 3.8) is 0 Å². The fourth-order valence-corrected chi connectivity index (χ4v) is 10.0. The van der Waals surface area contributed by atoms with Crippen molar-refractivity contribution in [3.8, 4) is 6.07 Å². The summed E-state index contributed by atoms with van der Waals surface area (Å²) in [5.41, 5.74) is -0.825. The molecular weight excluding hydrogens is 800 g/mol. The molecule has 0 bridgehead atoms. The van der Waals surface area contributed by atoms with Crippen LogP contribution >= 0.6 is 12.2 Å². The predicted molar refractivity (Wildman–Crippen MR) is 221 cm³/mol. The van der Waals surface area contributed by atoms with Gasteiger partial charge in [0.1, 0.15) is 5.54 Å². The Labute approximate surface area is 351 Å². The average Bonchev–Trinajstić information content (AvgIpc) is 3.61. The number of imide groups is 1. The zero-order valence-corrected chi connectivity index (χ0v) is 35.2. The van der Waals surface area contributed by atoms with E-state index in [-0.39, 0.29) is 65.7 Å². The number of fused-ring (bicyclic) bond motifs is 1. The molecule has 3 aromatic rings. The Hall–Kier alpha value is -4.96. The number of amides is 4. The summed E-state index contributed by atoms with van der Waals surface area (Å²) in [4.78, 5) is 59.0. The Morgan fingerprint density at radius 1 is 1.07 bits per heavy atom. The largest absolute Gasteiger partial charge is 0.417 e. The van der Waals surface area contributed by atoms with Crippen LogP contribution in [0.25, 0.3) is 10.9 Å². The number of thiocarbonyl (C=S) groups is 1. The lowest BCUT2D eigenvalue weighted by atomic mass is 9.89. The first-order chi connectivity index (χ1) is 28.4. The maximum Gasteiger partial charge on any atom is 0.417 e. The Balaban J connectivity index is 0.884. The van der Waals surface area contributed by atoms with Gasteiger partial charge in [-0.25, -0.2) is 0 Å². The van der Waals surface area contributed by atoms with Crippen molar-refractivity contribution < 1.29 is 37.1 Å². The third-order valence-electron chi connectivity index (χ3n) is 12.4. The molecule has 4 fully saturated rings. The number of carbonyl (C=O) groups excluding carboxylic acids is 4. The number of alkyl halides is 3. The van der Waals surface area contributed by atoms with Crippen molar-refractivity contribution in [2.24, 2.45) is 7.05 Å². The zero-order chi connectivity index (χ0) is 43.3. The monoisotopic (exact) mass is 849 g/mol. The summed E-state index contributed by atoms with van der Waals surface area (Å²) in [6.45, 7) is 10.7. The Bertz CT molecular complexity index is 2240. The van der Waals surface area contributed by atoms with Gasteiger partial charge in [-0.15, -0.1) is 0 Å². The molecule has 1 aliphatic carbocycles. The van der Waals surface area contributed by atoms with E-state index in [1.807, 2.05) is 23.1 Å². The van der Waals surface area contributed by atoms with Gasteiger partial charge >= 0.3 is 6.18 Å². The minimum Gasteiger partial charge on any atom is -0.377 e. The Kier molecular flexibility index (Phi) is 12.1. The fourth-order valence-electron chi connectivity index (χ4n) is 9.47. The summed E-state index contributed by atoms with van der Waals surface area (Å²) in [5.74, 6) is -1.77. The second-order valence-corrected chi connectivity index (χ2v) is 17.3. The lowest BCUT2D eigenvalue weighted by Crippen LogP contribution is -2.58. The molecule has 1 saturated carbocycles. The van der Waals surface area contributed by atoms with Gasteiger partial charge in [-0.3, -0.25) is 43.9 Å². The summed E-state index contributed by atoms with van der Waals surface area (Å²) in [6, 6.07) is 10.4. The van der Waals surface area contributed by atoms with Gasteiger partial charge in [-0.1, -0.05) is 12.1 Å². The SMILES string of the molecule is C[C@@H]1CN(CCO[C@H]2CC[C@H](N3C(=S)N(c4ccc(C#N)c(C(F)(F)F)c4)C(=O)C3(C)C)CC2)C[C@H](C)N1CC(=O)Nc1cccc2c(C3CCC(=O)NC3=O)nn(C)c12. The first-order valence-electron chi connectivity index (χ1n) is 20.4. The van der Waals surface area contributed by atoms with Crippen LogP contribution in [0.5, 0.6) is 0 Å². The highest BCUT2D eigenvalue weighted by Gasteiger charge is 2.52. The van der Waals surface area contributed by atoms with E-state index in [2.05, 4.69) is 39.4 Å². The number of benzene rings is 2. The number of piperidine rings is 1. The van der Waals surface area contributed by atoms with E-state index in [0.29, 0.717) is 42.8 Å². The molecule has 1 unspecified atom stereocenters. The number of aryl methyl sites for hydroxylation is 1. The summed E-state index contributed by atoms with van der Waals surface area (Å²) >= 11 is 5.75. The van der Waals surface area contributed by atoms with Gasteiger partial charge in [0.2, 0.25) is 17.7 Å². The Morgan fingerprint density at radius 2 is 1.77 bits per heavy atom. The second kappa shape index (κ2) is 16.8. The number of para-hydroxylation sites is 1. The quantitative estimate of drug-likeness (QED) is 0.208. The molecule has 3 atom stereocenters. The molecule has 4 heterocycles. The van der Waals surface area contributed by atoms with Crippen LogP contribution in [0.3, 0.4) is 0 Å². The molecule has 3 aliphatic heterocycles. The number of ether oxygens (including phenoxy) is 1. The molecule has 4 aliphatic rings. The molecule has 7 rings (SSSR count). The number of halogens is 3. The maximum absolute atomic E-state index is 13.8. The number of rotatable bonds is 10. The fraction of sp³-hybridized carbons (Fsp3) is 0.548. The second-order valence-electron chi connectivity index (χ2n) is 16.9. The van der Waals surface area contributed by atoms with Crippen LogP contribution in [0, 0.1) is 11.3 Å². The standard InChI is InChI=1S/C42H50F3N9O5S/c1-24-21-51(22-25(2)52(24)23-35(56)47-33-8-6-7-30-36(49-50(5)37(30)33)31-15-16-34(55)48-38(31)57)17-18-59-29-13-11-27(12-14-29)54-40(60)53(39(58)41(54,3)4)28-10-9-26(20-46)32(19-28)42(43,44)45/h6-10,19,24-25,27,29,31H,11-18,21-23H2,1-5H3,(H,47,56)(H,48,55,57)/t24-,25+,27-,29-,31?. The van der Waals surface area contributed by atoms with Gasteiger partial charge in [0.05, 0.1) is 65.0 Å². The highest BCUT2D eigenvalue weighted by atomic mass is 32.1. The van der Waals surface area contributed by atoms with Crippen molar-refractivity contribution in [3.05, 3.63) is 53.2 Å². The van der Waals surface area contributed by atoms with Crippen LogP contribution in [0.1, 0.15) is 89.0 Å². The van der Waals surface area contributed by atoms with Gasteiger partial charge in [-0.05, 0) is 96.3 Å². The third-order valence-corrected chi connectivity index (χ3v) is 12.8. The van der Waals surface area contributed by atoms with Crippen LogP contribution in [0.15, 0.2) is 36.4 Å². The normalized spacial score (nSPS) is 25.5. The van der Waals surface area contributed by atoms with Gasteiger partial charge in [0, 0.05) is 56.6 Å². The molecule has 2 N–H and O–H groups in total. The molecule has 14 nitrogen and oxygen atoms in total. The van der Waals surface area contributed by atoms with E-state index < -0.39 is 34.7 Å². The topological polar surface area (TPSA) is 156 Å². The van der Waals surface area contributed by atoms with Gasteiger partial charge < -0.3 is 15.0 Å². The molecule has 60 heavy (non-hydrogen) atoms. The zero-order valence-electron chi connectivity index (χ0n) is 34.3. The van der Waals surface area contributed by atoms with Crippen molar-refractivity contribution in [2.45, 2.75) is 108 Å². The third kappa shape index (κ3) is 8.37.